The van der Waals surface area contributed by atoms with E-state index in [1.807, 2.05) is 18.2 Å². The van der Waals surface area contributed by atoms with Crippen LogP contribution in [-0.2, 0) is 21.2 Å². The molecule has 144 valence electrons. The highest BCUT2D eigenvalue weighted by Gasteiger charge is 2.39. The average molecular weight is 387 g/mol. The number of aryl methyl sites for hydroxylation is 1. The van der Waals surface area contributed by atoms with Crippen molar-refractivity contribution in [2.75, 3.05) is 13.1 Å². The maximum absolute atomic E-state index is 12.8. The van der Waals surface area contributed by atoms with Gasteiger partial charge in [0.15, 0.2) is 0 Å². The van der Waals surface area contributed by atoms with E-state index in [1.165, 1.54) is 9.87 Å². The lowest BCUT2D eigenvalue weighted by atomic mass is 10.1. The fourth-order valence-electron chi connectivity index (χ4n) is 3.45. The number of unbranched alkanes of at least 4 members (excludes halogenated alkanes) is 1. The van der Waals surface area contributed by atoms with Gasteiger partial charge in [-0.25, -0.2) is 8.42 Å². The van der Waals surface area contributed by atoms with Crippen LogP contribution >= 0.6 is 0 Å². The van der Waals surface area contributed by atoms with Gasteiger partial charge < -0.3 is 5.32 Å². The molecule has 0 spiro atoms. The van der Waals surface area contributed by atoms with E-state index in [0.717, 1.165) is 19.3 Å². The van der Waals surface area contributed by atoms with E-state index in [-0.39, 0.29) is 10.8 Å². The topological polar surface area (TPSA) is 66.5 Å². The summed E-state index contributed by atoms with van der Waals surface area (Å²) in [6.07, 6.45) is 4.12. The molecule has 2 aromatic carbocycles. The van der Waals surface area contributed by atoms with Gasteiger partial charge in [0.25, 0.3) is 0 Å². The van der Waals surface area contributed by atoms with E-state index in [1.54, 1.807) is 30.3 Å². The second-order valence-electron chi connectivity index (χ2n) is 6.82. The Labute approximate surface area is 161 Å². The third-order valence-corrected chi connectivity index (χ3v) is 6.81. The molecule has 1 amide bonds. The number of carbonyl (C=O) groups is 1. The molecule has 5 nitrogen and oxygen atoms in total. The molecule has 3 rings (SSSR count). The Morgan fingerprint density at radius 3 is 2.37 bits per heavy atom. The zero-order chi connectivity index (χ0) is 19.1. The first-order valence-electron chi connectivity index (χ1n) is 9.47. The maximum atomic E-state index is 12.8. The molecule has 1 aliphatic rings. The second kappa shape index (κ2) is 9.15. The summed E-state index contributed by atoms with van der Waals surface area (Å²) in [5.74, 6) is -0.188. The van der Waals surface area contributed by atoms with Crippen LogP contribution in [0.4, 0.5) is 0 Å². The van der Waals surface area contributed by atoms with Gasteiger partial charge in [-0.1, -0.05) is 48.5 Å². The molecule has 2 aromatic rings. The molecule has 0 bridgehead atoms. The number of rotatable bonds is 8. The van der Waals surface area contributed by atoms with Crippen molar-refractivity contribution in [3.8, 4) is 0 Å². The van der Waals surface area contributed by atoms with Crippen molar-refractivity contribution < 1.29 is 13.2 Å². The van der Waals surface area contributed by atoms with Crippen molar-refractivity contribution in [3.63, 3.8) is 0 Å². The molecule has 1 fully saturated rings. The SMILES string of the molecule is O=C(NCCCCc1ccccc1)[C@H]1CCCN1S(=O)(=O)c1ccccc1. The molecule has 1 saturated heterocycles. The first-order chi connectivity index (χ1) is 13.1. The number of hydrogen-bond donors (Lipinski definition) is 1. The molecule has 1 aliphatic heterocycles. The summed E-state index contributed by atoms with van der Waals surface area (Å²) < 4.78 is 27.0. The smallest absolute Gasteiger partial charge is 0.243 e. The first-order valence-corrected chi connectivity index (χ1v) is 10.9. The van der Waals surface area contributed by atoms with Gasteiger partial charge in [-0.05, 0) is 49.8 Å². The molecular formula is C21H26N2O3S. The number of benzene rings is 2. The zero-order valence-corrected chi connectivity index (χ0v) is 16.2. The highest BCUT2D eigenvalue weighted by molar-refractivity contribution is 7.89. The molecule has 0 radical (unpaired) electrons. The molecule has 1 atom stereocenters. The van der Waals surface area contributed by atoms with Crippen molar-refractivity contribution >= 4 is 15.9 Å². The predicted octanol–water partition coefficient (Wildman–Crippen LogP) is 2.98. The van der Waals surface area contributed by atoms with Gasteiger partial charge in [0.05, 0.1) is 4.90 Å². The fourth-order valence-corrected chi connectivity index (χ4v) is 5.12. The second-order valence-corrected chi connectivity index (χ2v) is 8.71. The number of sulfonamides is 1. The highest BCUT2D eigenvalue weighted by atomic mass is 32.2. The van der Waals surface area contributed by atoms with Gasteiger partial charge in [-0.15, -0.1) is 0 Å². The Hall–Kier alpha value is -2.18. The van der Waals surface area contributed by atoms with Crippen molar-refractivity contribution in [3.05, 3.63) is 66.2 Å². The van der Waals surface area contributed by atoms with Crippen LogP contribution in [-0.4, -0.2) is 37.8 Å². The summed E-state index contributed by atoms with van der Waals surface area (Å²) in [6, 6.07) is 18.0. The minimum absolute atomic E-state index is 0.188. The number of carbonyl (C=O) groups excluding carboxylic acids is 1. The number of nitrogens with zero attached hydrogens (tertiary/aromatic N) is 1. The molecule has 0 aromatic heterocycles. The van der Waals surface area contributed by atoms with Crippen LogP contribution in [0.25, 0.3) is 0 Å². The lowest BCUT2D eigenvalue weighted by Crippen LogP contribution is -2.46. The molecule has 27 heavy (non-hydrogen) atoms. The normalized spacial score (nSPS) is 17.7. The van der Waals surface area contributed by atoms with E-state index in [4.69, 9.17) is 0 Å². The largest absolute Gasteiger partial charge is 0.355 e. The monoisotopic (exact) mass is 386 g/mol. The Balaban J connectivity index is 1.50. The van der Waals surface area contributed by atoms with Crippen LogP contribution in [0.3, 0.4) is 0 Å². The number of hydrogen-bond acceptors (Lipinski definition) is 3. The van der Waals surface area contributed by atoms with Crippen LogP contribution in [0, 0.1) is 0 Å². The summed E-state index contributed by atoms with van der Waals surface area (Å²) in [5, 5.41) is 2.92. The summed E-state index contributed by atoms with van der Waals surface area (Å²) >= 11 is 0. The Bertz CT molecular complexity index is 838. The number of nitrogens with one attached hydrogen (secondary N) is 1. The average Bonchev–Trinajstić information content (AvgIpc) is 3.20. The highest BCUT2D eigenvalue weighted by Crippen LogP contribution is 2.26. The lowest BCUT2D eigenvalue weighted by molar-refractivity contribution is -0.124. The summed E-state index contributed by atoms with van der Waals surface area (Å²) in [5.41, 5.74) is 1.29. The van der Waals surface area contributed by atoms with E-state index >= 15 is 0 Å². The van der Waals surface area contributed by atoms with Gasteiger partial charge in [0, 0.05) is 13.1 Å². The van der Waals surface area contributed by atoms with Gasteiger partial charge >= 0.3 is 0 Å². The summed E-state index contributed by atoms with van der Waals surface area (Å²) in [4.78, 5) is 12.8. The Morgan fingerprint density at radius 1 is 1.00 bits per heavy atom. The van der Waals surface area contributed by atoms with Crippen LogP contribution < -0.4 is 5.32 Å². The van der Waals surface area contributed by atoms with Gasteiger partial charge in [-0.2, -0.15) is 4.31 Å². The van der Waals surface area contributed by atoms with E-state index in [9.17, 15) is 13.2 Å². The minimum Gasteiger partial charge on any atom is -0.355 e. The lowest BCUT2D eigenvalue weighted by Gasteiger charge is -2.23. The van der Waals surface area contributed by atoms with Crippen LogP contribution in [0.15, 0.2) is 65.6 Å². The number of amides is 1. The van der Waals surface area contributed by atoms with E-state index in [2.05, 4.69) is 17.4 Å². The van der Waals surface area contributed by atoms with Gasteiger partial charge in [-0.3, -0.25) is 4.79 Å². The van der Waals surface area contributed by atoms with Crippen molar-refractivity contribution in [1.29, 1.82) is 0 Å². The molecule has 1 N–H and O–H groups in total. The Morgan fingerprint density at radius 2 is 1.67 bits per heavy atom. The van der Waals surface area contributed by atoms with Crippen LogP contribution in [0.1, 0.15) is 31.2 Å². The Kier molecular flexibility index (Phi) is 6.63. The minimum atomic E-state index is -3.63. The molecule has 0 aliphatic carbocycles. The van der Waals surface area contributed by atoms with Gasteiger partial charge in [0.2, 0.25) is 15.9 Å². The van der Waals surface area contributed by atoms with Gasteiger partial charge in [0.1, 0.15) is 6.04 Å². The first kappa shape index (κ1) is 19.6. The van der Waals surface area contributed by atoms with Crippen molar-refractivity contribution in [2.24, 2.45) is 0 Å². The van der Waals surface area contributed by atoms with E-state index < -0.39 is 16.1 Å². The molecule has 0 saturated carbocycles. The third-order valence-electron chi connectivity index (χ3n) is 4.89. The predicted molar refractivity (Wildman–Crippen MR) is 106 cm³/mol. The summed E-state index contributed by atoms with van der Waals surface area (Å²) in [7, 11) is -3.63. The van der Waals surface area contributed by atoms with Crippen molar-refractivity contribution in [1.82, 2.24) is 9.62 Å². The zero-order valence-electron chi connectivity index (χ0n) is 15.4. The summed E-state index contributed by atoms with van der Waals surface area (Å²) in [6.45, 7) is 0.963. The van der Waals surface area contributed by atoms with E-state index in [0.29, 0.717) is 25.9 Å². The van der Waals surface area contributed by atoms with Crippen LogP contribution in [0.5, 0.6) is 0 Å². The molecular weight excluding hydrogens is 360 g/mol. The quantitative estimate of drug-likeness (QED) is 0.709. The molecule has 6 heteroatoms. The van der Waals surface area contributed by atoms with Crippen molar-refractivity contribution in [2.45, 2.75) is 43.0 Å². The molecule has 0 unspecified atom stereocenters. The molecule has 1 heterocycles. The standard InChI is InChI=1S/C21H26N2O3S/c24-21(22-16-8-7-12-18-10-3-1-4-11-18)20-15-9-17-23(20)27(25,26)19-13-5-2-6-14-19/h1-6,10-11,13-14,20H,7-9,12,15-17H2,(H,22,24)/t20-/m1/s1. The maximum Gasteiger partial charge on any atom is 0.243 e. The van der Waals surface area contributed by atoms with Crippen LogP contribution in [0.2, 0.25) is 0 Å². The fraction of sp³-hybridized carbons (Fsp3) is 0.381. The third kappa shape index (κ3) is 4.96.